The summed E-state index contributed by atoms with van der Waals surface area (Å²) in [5, 5.41) is 0. The molecule has 21 heavy (non-hydrogen) atoms. The molecule has 2 heterocycles. The minimum absolute atomic E-state index is 0.161. The number of fused-ring (bicyclic) bond motifs is 1. The third kappa shape index (κ3) is 2.38. The van der Waals surface area contributed by atoms with Gasteiger partial charge in [-0.3, -0.25) is 4.79 Å². The zero-order valence-corrected chi connectivity index (χ0v) is 13.4. The van der Waals surface area contributed by atoms with Crippen molar-refractivity contribution in [2.45, 2.75) is 51.9 Å². The molecule has 0 atom stereocenters. The molecule has 0 saturated carbocycles. The van der Waals surface area contributed by atoms with Gasteiger partial charge in [0.25, 0.3) is 0 Å². The molecule has 112 valence electrons. The molecule has 1 amide bonds. The van der Waals surface area contributed by atoms with Gasteiger partial charge in [-0.1, -0.05) is 18.2 Å². The Balaban J connectivity index is 1.89. The number of carbonyl (C=O) groups is 1. The summed E-state index contributed by atoms with van der Waals surface area (Å²) in [5.74, 6) is 0.161. The van der Waals surface area contributed by atoms with Gasteiger partial charge in [0.15, 0.2) is 0 Å². The second-order valence-electron chi connectivity index (χ2n) is 7.04. The average Bonchev–Trinajstić information content (AvgIpc) is 2.59. The fraction of sp³-hybridized carbons (Fsp3) is 0.562. The van der Waals surface area contributed by atoms with E-state index in [4.69, 9.17) is 9.31 Å². The first kappa shape index (κ1) is 14.6. The van der Waals surface area contributed by atoms with Crippen LogP contribution in [0.4, 0.5) is 0 Å². The van der Waals surface area contributed by atoms with Crippen molar-refractivity contribution >= 4 is 18.5 Å². The lowest BCUT2D eigenvalue weighted by atomic mass is 9.77. The van der Waals surface area contributed by atoms with Crippen molar-refractivity contribution < 1.29 is 14.1 Å². The molecule has 1 aromatic carbocycles. The van der Waals surface area contributed by atoms with Crippen molar-refractivity contribution in [1.29, 1.82) is 0 Å². The number of hydrogen-bond donors (Lipinski definition) is 0. The number of carbonyl (C=O) groups excluding carboxylic acids is 1. The van der Waals surface area contributed by atoms with E-state index in [9.17, 15) is 4.79 Å². The summed E-state index contributed by atoms with van der Waals surface area (Å²) >= 11 is 0. The minimum atomic E-state index is -0.366. The lowest BCUT2D eigenvalue weighted by Gasteiger charge is -2.32. The highest BCUT2D eigenvalue weighted by molar-refractivity contribution is 6.62. The molecule has 0 N–H and O–H groups in total. The quantitative estimate of drug-likeness (QED) is 0.735. The topological polar surface area (TPSA) is 38.8 Å². The summed E-state index contributed by atoms with van der Waals surface area (Å²) in [7, 11) is 1.48. The highest BCUT2D eigenvalue weighted by Crippen LogP contribution is 2.36. The number of rotatable bonds is 1. The summed E-state index contributed by atoms with van der Waals surface area (Å²) < 4.78 is 12.1. The van der Waals surface area contributed by atoms with E-state index in [0.717, 1.165) is 11.0 Å². The molecule has 0 unspecified atom stereocenters. The van der Waals surface area contributed by atoms with Gasteiger partial charge in [-0.25, -0.2) is 0 Å². The molecule has 4 nitrogen and oxygen atoms in total. The van der Waals surface area contributed by atoms with Crippen LogP contribution in [-0.2, 0) is 27.1 Å². The smallest absolute Gasteiger partial charge is 0.399 e. The fourth-order valence-electron chi connectivity index (χ4n) is 2.73. The van der Waals surface area contributed by atoms with E-state index in [2.05, 4.69) is 12.1 Å². The van der Waals surface area contributed by atoms with Gasteiger partial charge in [-0.05, 0) is 44.3 Å². The third-order valence-corrected chi connectivity index (χ3v) is 4.93. The third-order valence-electron chi connectivity index (χ3n) is 4.93. The molecule has 5 heteroatoms. The van der Waals surface area contributed by atoms with Gasteiger partial charge < -0.3 is 14.2 Å². The fourth-order valence-corrected chi connectivity index (χ4v) is 2.73. The Morgan fingerprint density at radius 2 is 1.71 bits per heavy atom. The predicted octanol–water partition coefficient (Wildman–Crippen LogP) is 1.50. The molecule has 3 rings (SSSR count). The molecule has 1 aromatic rings. The van der Waals surface area contributed by atoms with Gasteiger partial charge in [0.1, 0.15) is 0 Å². The van der Waals surface area contributed by atoms with Crippen molar-refractivity contribution in [3.8, 4) is 0 Å². The van der Waals surface area contributed by atoms with Crippen LogP contribution in [0.1, 0.15) is 38.8 Å². The Morgan fingerprint density at radius 1 is 1.10 bits per heavy atom. The van der Waals surface area contributed by atoms with Crippen molar-refractivity contribution in [2.75, 3.05) is 7.05 Å². The maximum absolute atomic E-state index is 11.9. The van der Waals surface area contributed by atoms with E-state index in [-0.39, 0.29) is 24.2 Å². The number of hydrogen-bond acceptors (Lipinski definition) is 3. The number of nitrogens with zero attached hydrogens (tertiary/aromatic N) is 1. The van der Waals surface area contributed by atoms with E-state index in [1.54, 1.807) is 4.90 Å². The van der Waals surface area contributed by atoms with Crippen LogP contribution >= 0.6 is 0 Å². The van der Waals surface area contributed by atoms with Crippen molar-refractivity contribution in [2.24, 2.45) is 0 Å². The zero-order chi connectivity index (χ0) is 15.4. The summed E-state index contributed by atoms with van der Waals surface area (Å²) in [6.45, 7) is 8.86. The predicted molar refractivity (Wildman–Crippen MR) is 82.3 cm³/mol. The molecule has 0 radical (unpaired) electrons. The largest absolute Gasteiger partial charge is 0.494 e. The highest BCUT2D eigenvalue weighted by atomic mass is 16.7. The summed E-state index contributed by atoms with van der Waals surface area (Å²) in [5.41, 5.74) is 2.60. The Bertz CT molecular complexity index is 581. The lowest BCUT2D eigenvalue weighted by Crippen LogP contribution is -2.41. The van der Waals surface area contributed by atoms with E-state index in [0.29, 0.717) is 13.0 Å². The molecule has 0 aromatic heterocycles. The second-order valence-corrected chi connectivity index (χ2v) is 7.04. The first-order valence-electron chi connectivity index (χ1n) is 7.41. The van der Waals surface area contributed by atoms with Crippen LogP contribution in [0, 0.1) is 0 Å². The SMILES string of the molecule is CN1Cc2ccc(B3OC(C)(C)C(C)(C)O3)cc2CC1=O. The van der Waals surface area contributed by atoms with Crippen LogP contribution in [0.25, 0.3) is 0 Å². The van der Waals surface area contributed by atoms with Crippen LogP contribution in [-0.4, -0.2) is 36.2 Å². The molecule has 1 fully saturated rings. The molecule has 2 aliphatic heterocycles. The highest BCUT2D eigenvalue weighted by Gasteiger charge is 2.51. The van der Waals surface area contributed by atoms with E-state index in [1.807, 2.05) is 40.8 Å². The Labute approximate surface area is 126 Å². The monoisotopic (exact) mass is 287 g/mol. The normalized spacial score (nSPS) is 23.4. The maximum atomic E-state index is 11.9. The standard InChI is InChI=1S/C16H22BNO3/c1-15(2)16(3,4)21-17(20-15)13-7-6-11-10-18(5)14(19)9-12(11)8-13/h6-8H,9-10H2,1-5H3. The van der Waals surface area contributed by atoms with Gasteiger partial charge in [0.05, 0.1) is 17.6 Å². The molecule has 1 saturated heterocycles. The average molecular weight is 287 g/mol. The van der Waals surface area contributed by atoms with Gasteiger partial charge >= 0.3 is 7.12 Å². The molecule has 0 aliphatic carbocycles. The Morgan fingerprint density at radius 3 is 2.33 bits per heavy atom. The summed E-state index contributed by atoms with van der Waals surface area (Å²) in [4.78, 5) is 13.6. The van der Waals surface area contributed by atoms with Crippen LogP contribution < -0.4 is 5.46 Å². The van der Waals surface area contributed by atoms with Gasteiger partial charge in [-0.15, -0.1) is 0 Å². The maximum Gasteiger partial charge on any atom is 0.494 e. The zero-order valence-electron chi connectivity index (χ0n) is 13.4. The number of benzene rings is 1. The van der Waals surface area contributed by atoms with Crippen LogP contribution in [0.2, 0.25) is 0 Å². The summed E-state index contributed by atoms with van der Waals surface area (Å²) in [6, 6.07) is 6.19. The van der Waals surface area contributed by atoms with Gasteiger partial charge in [0.2, 0.25) is 5.91 Å². The molecule has 0 spiro atoms. The van der Waals surface area contributed by atoms with E-state index >= 15 is 0 Å². The number of amides is 1. The Hall–Kier alpha value is -1.33. The van der Waals surface area contributed by atoms with Crippen LogP contribution in [0.3, 0.4) is 0 Å². The first-order chi connectivity index (χ1) is 9.69. The summed E-state index contributed by atoms with van der Waals surface area (Å²) in [6.07, 6.45) is 0.458. The molecular weight excluding hydrogens is 265 g/mol. The molecule has 2 aliphatic rings. The Kier molecular flexibility index (Phi) is 3.19. The van der Waals surface area contributed by atoms with Crippen molar-refractivity contribution in [1.82, 2.24) is 4.90 Å². The second kappa shape index (κ2) is 4.58. The first-order valence-corrected chi connectivity index (χ1v) is 7.41. The molecule has 0 bridgehead atoms. The van der Waals surface area contributed by atoms with Crippen molar-refractivity contribution in [3.05, 3.63) is 29.3 Å². The van der Waals surface area contributed by atoms with Gasteiger partial charge in [-0.2, -0.15) is 0 Å². The molecular formula is C16H22BNO3. The van der Waals surface area contributed by atoms with Crippen LogP contribution in [0.5, 0.6) is 0 Å². The van der Waals surface area contributed by atoms with Gasteiger partial charge in [0, 0.05) is 13.6 Å². The van der Waals surface area contributed by atoms with Crippen molar-refractivity contribution in [3.63, 3.8) is 0 Å². The van der Waals surface area contributed by atoms with E-state index in [1.165, 1.54) is 5.56 Å². The van der Waals surface area contributed by atoms with Crippen LogP contribution in [0.15, 0.2) is 18.2 Å². The minimum Gasteiger partial charge on any atom is -0.399 e. The number of likely N-dealkylation sites (N-methyl/N-ethyl adjacent to an activating group) is 1. The lowest BCUT2D eigenvalue weighted by molar-refractivity contribution is -0.130. The van der Waals surface area contributed by atoms with E-state index < -0.39 is 0 Å².